The lowest BCUT2D eigenvalue weighted by atomic mass is 9.99. The monoisotopic (exact) mass is 493 g/mol. The number of hydrogen-bond acceptors (Lipinski definition) is 2. The van der Waals surface area contributed by atoms with Gasteiger partial charge in [-0.3, -0.25) is 9.55 Å². The van der Waals surface area contributed by atoms with Gasteiger partial charge in [-0.1, -0.05) is 92.7 Å². The number of aromatic nitrogens is 3. The molecule has 0 saturated heterocycles. The first-order chi connectivity index (χ1) is 18.6. The summed E-state index contributed by atoms with van der Waals surface area (Å²) in [6.07, 6.45) is 3.06. The molecule has 0 bridgehead atoms. The van der Waals surface area contributed by atoms with Gasteiger partial charge < -0.3 is 0 Å². The first-order valence-corrected chi connectivity index (χ1v) is 13.3. The van der Waals surface area contributed by atoms with E-state index in [4.69, 9.17) is 9.97 Å². The van der Waals surface area contributed by atoms with Crippen LogP contribution in [0, 0.1) is 12.8 Å². The van der Waals surface area contributed by atoms with Crippen molar-refractivity contribution in [1.82, 2.24) is 14.5 Å². The Kier molecular flexibility index (Phi) is 6.35. The summed E-state index contributed by atoms with van der Waals surface area (Å²) in [5.74, 6) is 1.57. The van der Waals surface area contributed by atoms with Gasteiger partial charge in [0.05, 0.1) is 16.7 Å². The SMILES string of the molecule is Cc1ccccc1-c1nc2c(-c3cccc(-c4ccc(CC(C)C)cn4)c3)cccc2n1-c1ccccc1. The quantitative estimate of drug-likeness (QED) is 0.232. The molecule has 0 aliphatic rings. The lowest BCUT2D eigenvalue weighted by Gasteiger charge is -2.11. The van der Waals surface area contributed by atoms with E-state index in [1.165, 1.54) is 11.1 Å². The van der Waals surface area contributed by atoms with Crippen LogP contribution in [-0.2, 0) is 6.42 Å². The molecule has 6 rings (SSSR count). The molecule has 0 atom stereocenters. The van der Waals surface area contributed by atoms with Crippen molar-refractivity contribution in [3.8, 4) is 39.5 Å². The molecule has 0 spiro atoms. The number of imidazole rings is 1. The number of para-hydroxylation sites is 2. The maximum absolute atomic E-state index is 5.29. The summed E-state index contributed by atoms with van der Waals surface area (Å²) in [6, 6.07) is 38.4. The van der Waals surface area contributed by atoms with E-state index in [2.05, 4.69) is 135 Å². The minimum Gasteiger partial charge on any atom is -0.292 e. The molecule has 6 aromatic rings. The maximum Gasteiger partial charge on any atom is 0.146 e. The zero-order valence-electron chi connectivity index (χ0n) is 22.1. The number of pyridine rings is 1. The molecule has 0 saturated carbocycles. The fraction of sp³-hybridized carbons (Fsp3) is 0.143. The molecule has 186 valence electrons. The first-order valence-electron chi connectivity index (χ1n) is 13.3. The average molecular weight is 494 g/mol. The number of aryl methyl sites for hydroxylation is 1. The molecular weight excluding hydrogens is 462 g/mol. The van der Waals surface area contributed by atoms with E-state index < -0.39 is 0 Å². The van der Waals surface area contributed by atoms with E-state index in [1.807, 2.05) is 6.20 Å². The maximum atomic E-state index is 5.29. The van der Waals surface area contributed by atoms with Gasteiger partial charge >= 0.3 is 0 Å². The largest absolute Gasteiger partial charge is 0.292 e. The Morgan fingerprint density at radius 3 is 2.21 bits per heavy atom. The van der Waals surface area contributed by atoms with Crippen LogP contribution >= 0.6 is 0 Å². The van der Waals surface area contributed by atoms with Gasteiger partial charge in [0, 0.05) is 28.6 Å². The summed E-state index contributed by atoms with van der Waals surface area (Å²) in [5.41, 5.74) is 11.2. The van der Waals surface area contributed by atoms with Crippen molar-refractivity contribution in [2.45, 2.75) is 27.2 Å². The second kappa shape index (κ2) is 10.1. The number of rotatable bonds is 6. The Bertz CT molecular complexity index is 1710. The minimum absolute atomic E-state index is 0.617. The number of benzene rings is 4. The van der Waals surface area contributed by atoms with Gasteiger partial charge in [-0.05, 0) is 66.3 Å². The molecule has 0 aliphatic carbocycles. The Hall–Kier alpha value is -4.50. The van der Waals surface area contributed by atoms with Gasteiger partial charge in [0.15, 0.2) is 0 Å². The van der Waals surface area contributed by atoms with E-state index in [0.29, 0.717) is 5.92 Å². The fourth-order valence-electron chi connectivity index (χ4n) is 5.21. The summed E-state index contributed by atoms with van der Waals surface area (Å²) in [5, 5.41) is 0. The third-order valence-electron chi connectivity index (χ3n) is 7.02. The third kappa shape index (κ3) is 4.52. The van der Waals surface area contributed by atoms with E-state index in [-0.39, 0.29) is 0 Å². The summed E-state index contributed by atoms with van der Waals surface area (Å²) >= 11 is 0. The Labute approximate surface area is 224 Å². The summed E-state index contributed by atoms with van der Waals surface area (Å²) in [6.45, 7) is 6.62. The smallest absolute Gasteiger partial charge is 0.146 e. The van der Waals surface area contributed by atoms with Crippen molar-refractivity contribution < 1.29 is 0 Å². The average Bonchev–Trinajstić information content (AvgIpc) is 3.33. The fourth-order valence-corrected chi connectivity index (χ4v) is 5.21. The predicted molar refractivity (Wildman–Crippen MR) is 158 cm³/mol. The predicted octanol–water partition coefficient (Wildman–Crippen LogP) is 8.93. The van der Waals surface area contributed by atoms with Crippen LogP contribution in [0.3, 0.4) is 0 Å². The Morgan fingerprint density at radius 1 is 0.711 bits per heavy atom. The molecule has 0 N–H and O–H groups in total. The lowest BCUT2D eigenvalue weighted by Crippen LogP contribution is -1.98. The number of fused-ring (bicyclic) bond motifs is 1. The standard InChI is InChI=1S/C35H31N3/c1-24(2)21-26-19-20-32(36-23-26)28-13-9-12-27(22-28)31-17-10-18-33-34(31)37-35(30-16-8-7-11-25(30)3)38(33)29-14-5-4-6-15-29/h4-20,22-24H,21H2,1-3H3. The van der Waals surface area contributed by atoms with Crippen LogP contribution in [0.4, 0.5) is 0 Å². The molecule has 0 amide bonds. The normalized spacial score (nSPS) is 11.4. The van der Waals surface area contributed by atoms with Crippen molar-refractivity contribution in [2.75, 3.05) is 0 Å². The Morgan fingerprint density at radius 2 is 1.45 bits per heavy atom. The molecule has 0 unspecified atom stereocenters. The van der Waals surface area contributed by atoms with E-state index in [0.717, 1.165) is 56.9 Å². The molecule has 2 heterocycles. The van der Waals surface area contributed by atoms with Crippen LogP contribution in [0.15, 0.2) is 115 Å². The summed E-state index contributed by atoms with van der Waals surface area (Å²) in [4.78, 5) is 10.1. The van der Waals surface area contributed by atoms with E-state index in [9.17, 15) is 0 Å². The van der Waals surface area contributed by atoms with Crippen molar-refractivity contribution in [1.29, 1.82) is 0 Å². The lowest BCUT2D eigenvalue weighted by molar-refractivity contribution is 0.646. The van der Waals surface area contributed by atoms with Crippen LogP contribution in [0.5, 0.6) is 0 Å². The topological polar surface area (TPSA) is 30.7 Å². The molecular formula is C35H31N3. The molecule has 2 aromatic heterocycles. The van der Waals surface area contributed by atoms with Gasteiger partial charge in [0.1, 0.15) is 5.82 Å². The Balaban J connectivity index is 1.50. The van der Waals surface area contributed by atoms with Crippen molar-refractivity contribution in [3.05, 3.63) is 127 Å². The zero-order chi connectivity index (χ0) is 26.1. The molecule has 3 heteroatoms. The van der Waals surface area contributed by atoms with Crippen LogP contribution in [0.1, 0.15) is 25.0 Å². The van der Waals surface area contributed by atoms with Gasteiger partial charge in [-0.25, -0.2) is 4.98 Å². The van der Waals surface area contributed by atoms with E-state index >= 15 is 0 Å². The highest BCUT2D eigenvalue weighted by Gasteiger charge is 2.18. The molecule has 0 aliphatic heterocycles. The second-order valence-corrected chi connectivity index (χ2v) is 10.3. The van der Waals surface area contributed by atoms with Crippen molar-refractivity contribution in [3.63, 3.8) is 0 Å². The summed E-state index contributed by atoms with van der Waals surface area (Å²) in [7, 11) is 0. The van der Waals surface area contributed by atoms with Crippen LogP contribution < -0.4 is 0 Å². The molecule has 4 aromatic carbocycles. The molecule has 0 fully saturated rings. The highest BCUT2D eigenvalue weighted by molar-refractivity contribution is 5.96. The zero-order valence-corrected chi connectivity index (χ0v) is 22.1. The van der Waals surface area contributed by atoms with Crippen LogP contribution in [0.2, 0.25) is 0 Å². The number of hydrogen-bond donors (Lipinski definition) is 0. The molecule has 38 heavy (non-hydrogen) atoms. The van der Waals surface area contributed by atoms with E-state index in [1.54, 1.807) is 0 Å². The number of nitrogens with zero attached hydrogens (tertiary/aromatic N) is 3. The van der Waals surface area contributed by atoms with Gasteiger partial charge in [-0.15, -0.1) is 0 Å². The molecule has 3 nitrogen and oxygen atoms in total. The summed E-state index contributed by atoms with van der Waals surface area (Å²) < 4.78 is 2.28. The van der Waals surface area contributed by atoms with Crippen molar-refractivity contribution in [2.24, 2.45) is 5.92 Å². The van der Waals surface area contributed by atoms with Gasteiger partial charge in [0.2, 0.25) is 0 Å². The highest BCUT2D eigenvalue weighted by Crippen LogP contribution is 2.36. The third-order valence-corrected chi connectivity index (χ3v) is 7.02. The van der Waals surface area contributed by atoms with Crippen LogP contribution in [0.25, 0.3) is 50.5 Å². The second-order valence-electron chi connectivity index (χ2n) is 10.3. The van der Waals surface area contributed by atoms with Gasteiger partial charge in [-0.2, -0.15) is 0 Å². The molecule has 0 radical (unpaired) electrons. The van der Waals surface area contributed by atoms with Crippen LogP contribution in [-0.4, -0.2) is 14.5 Å². The minimum atomic E-state index is 0.617. The first kappa shape index (κ1) is 23.9. The van der Waals surface area contributed by atoms with Crippen molar-refractivity contribution >= 4 is 11.0 Å². The highest BCUT2D eigenvalue weighted by atomic mass is 15.1. The van der Waals surface area contributed by atoms with Gasteiger partial charge in [0.25, 0.3) is 0 Å².